The quantitative estimate of drug-likeness (QED) is 0.436. The first-order chi connectivity index (χ1) is 19.3. The van der Waals surface area contributed by atoms with Gasteiger partial charge in [0.15, 0.2) is 11.6 Å². The molecule has 3 N–H and O–H groups in total. The third kappa shape index (κ3) is 5.50. The molecule has 1 saturated carbocycles. The summed E-state index contributed by atoms with van der Waals surface area (Å²) in [6.45, 7) is 5.70. The van der Waals surface area contributed by atoms with Crippen molar-refractivity contribution < 1.29 is 27.8 Å². The molecular weight excluding hydrogens is 534 g/mol. The van der Waals surface area contributed by atoms with Crippen molar-refractivity contribution in [2.45, 2.75) is 50.0 Å². The SMILES string of the molecule is C[C@H]1CN(c2nc(C(=O)Nc3ccc(S(=O)(=O)NCCO)cc3N3CCC4(CC3)CC4)cc3c2OCC3)CCO1. The monoisotopic (exact) mass is 571 g/mol. The largest absolute Gasteiger partial charge is 0.489 e. The van der Waals surface area contributed by atoms with Gasteiger partial charge in [0.25, 0.3) is 5.91 Å². The summed E-state index contributed by atoms with van der Waals surface area (Å²) in [5.74, 6) is 1.04. The Morgan fingerprint density at radius 3 is 2.65 bits per heavy atom. The number of nitrogens with one attached hydrogen (secondary N) is 2. The number of carbonyl (C=O) groups excluding carboxylic acids is 1. The minimum absolute atomic E-state index is 0.0497. The average Bonchev–Trinajstić information content (AvgIpc) is 3.53. The maximum absolute atomic E-state index is 13.7. The smallest absolute Gasteiger partial charge is 0.274 e. The number of carbonyl (C=O) groups is 1. The van der Waals surface area contributed by atoms with Crippen molar-refractivity contribution in [2.75, 3.05) is 67.7 Å². The van der Waals surface area contributed by atoms with Crippen LogP contribution >= 0.6 is 0 Å². The molecule has 2 saturated heterocycles. The van der Waals surface area contributed by atoms with Gasteiger partial charge in [-0.05, 0) is 62.3 Å². The van der Waals surface area contributed by atoms with E-state index in [4.69, 9.17) is 19.6 Å². The lowest BCUT2D eigenvalue weighted by Gasteiger charge is -2.35. The van der Waals surface area contributed by atoms with Crippen LogP contribution < -0.4 is 24.6 Å². The number of aliphatic hydroxyl groups excluding tert-OH is 1. The summed E-state index contributed by atoms with van der Waals surface area (Å²) >= 11 is 0. The molecule has 3 fully saturated rings. The first-order valence-corrected chi connectivity index (χ1v) is 15.6. The van der Waals surface area contributed by atoms with Gasteiger partial charge in [0.2, 0.25) is 10.0 Å². The van der Waals surface area contributed by atoms with Crippen LogP contribution in [0.4, 0.5) is 17.2 Å². The van der Waals surface area contributed by atoms with Crippen molar-refractivity contribution in [3.63, 3.8) is 0 Å². The Morgan fingerprint density at radius 1 is 1.12 bits per heavy atom. The summed E-state index contributed by atoms with van der Waals surface area (Å²) < 4.78 is 39.7. The van der Waals surface area contributed by atoms with Gasteiger partial charge in [0, 0.05) is 44.7 Å². The molecule has 0 bridgehead atoms. The first-order valence-electron chi connectivity index (χ1n) is 14.1. The molecule has 1 amide bonds. The van der Waals surface area contributed by atoms with Crippen LogP contribution in [0.1, 0.15) is 48.7 Å². The van der Waals surface area contributed by atoms with Gasteiger partial charge in [-0.15, -0.1) is 0 Å². The highest BCUT2D eigenvalue weighted by atomic mass is 32.2. The maximum atomic E-state index is 13.7. The number of pyridine rings is 1. The van der Waals surface area contributed by atoms with Gasteiger partial charge >= 0.3 is 0 Å². The summed E-state index contributed by atoms with van der Waals surface area (Å²) in [5, 5.41) is 12.1. The van der Waals surface area contributed by atoms with Gasteiger partial charge < -0.3 is 29.7 Å². The van der Waals surface area contributed by atoms with E-state index >= 15 is 0 Å². The van der Waals surface area contributed by atoms with E-state index in [1.54, 1.807) is 18.2 Å². The highest BCUT2D eigenvalue weighted by molar-refractivity contribution is 7.89. The lowest BCUT2D eigenvalue weighted by molar-refractivity contribution is 0.0527. The zero-order valence-electron chi connectivity index (χ0n) is 22.8. The number of sulfonamides is 1. The zero-order chi connectivity index (χ0) is 27.9. The summed E-state index contributed by atoms with van der Waals surface area (Å²) in [5.41, 5.74) is 2.90. The minimum atomic E-state index is -3.81. The summed E-state index contributed by atoms with van der Waals surface area (Å²) in [4.78, 5) is 22.8. The lowest BCUT2D eigenvalue weighted by Crippen LogP contribution is -2.41. The number of hydrogen-bond acceptors (Lipinski definition) is 9. The Balaban J connectivity index is 1.30. The molecule has 1 spiro atoms. The zero-order valence-corrected chi connectivity index (χ0v) is 23.6. The van der Waals surface area contributed by atoms with Crippen LogP contribution in [0.15, 0.2) is 29.2 Å². The molecular formula is C28H37N5O6S. The van der Waals surface area contributed by atoms with Crippen molar-refractivity contribution in [1.29, 1.82) is 0 Å². The van der Waals surface area contributed by atoms with Crippen molar-refractivity contribution >= 4 is 33.1 Å². The number of piperidine rings is 1. The number of hydrogen-bond donors (Lipinski definition) is 3. The lowest BCUT2D eigenvalue weighted by atomic mass is 9.93. The molecule has 1 aliphatic carbocycles. The second kappa shape index (κ2) is 10.8. The molecule has 1 atom stereocenters. The van der Waals surface area contributed by atoms with E-state index in [1.165, 1.54) is 18.9 Å². The summed E-state index contributed by atoms with van der Waals surface area (Å²) in [6, 6.07) is 6.53. The van der Waals surface area contributed by atoms with Crippen LogP contribution in [0.2, 0.25) is 0 Å². The van der Waals surface area contributed by atoms with Gasteiger partial charge in [0.1, 0.15) is 5.69 Å². The van der Waals surface area contributed by atoms with Crippen LogP contribution in [-0.2, 0) is 21.2 Å². The normalized spacial score (nSPS) is 21.7. The second-order valence-electron chi connectivity index (χ2n) is 11.3. The van der Waals surface area contributed by atoms with E-state index in [0.717, 1.165) is 37.2 Å². The number of ether oxygens (including phenoxy) is 2. The molecule has 12 heteroatoms. The van der Waals surface area contributed by atoms with Crippen molar-refractivity contribution in [3.8, 4) is 5.75 Å². The van der Waals surface area contributed by atoms with E-state index in [-0.39, 0.29) is 30.1 Å². The van der Waals surface area contributed by atoms with Gasteiger partial charge in [-0.2, -0.15) is 0 Å². The van der Waals surface area contributed by atoms with Crippen molar-refractivity contribution in [3.05, 3.63) is 35.5 Å². The fraction of sp³-hybridized carbons (Fsp3) is 0.571. The van der Waals surface area contributed by atoms with Gasteiger partial charge in [0.05, 0.1) is 42.2 Å². The Morgan fingerprint density at radius 2 is 1.93 bits per heavy atom. The molecule has 40 heavy (non-hydrogen) atoms. The van der Waals surface area contributed by atoms with Gasteiger partial charge in [-0.3, -0.25) is 4.79 Å². The molecule has 4 heterocycles. The Labute approximate surface area is 234 Å². The van der Waals surface area contributed by atoms with Gasteiger partial charge in [-0.25, -0.2) is 18.1 Å². The first kappa shape index (κ1) is 27.3. The molecule has 216 valence electrons. The molecule has 4 aliphatic rings. The molecule has 1 aromatic heterocycles. The highest BCUT2D eigenvalue weighted by Crippen LogP contribution is 2.54. The third-order valence-corrected chi connectivity index (χ3v) is 9.94. The number of benzene rings is 1. The fourth-order valence-corrected chi connectivity index (χ4v) is 6.95. The molecule has 11 nitrogen and oxygen atoms in total. The number of fused-ring (bicyclic) bond motifs is 1. The van der Waals surface area contributed by atoms with Crippen LogP contribution in [0, 0.1) is 5.41 Å². The van der Waals surface area contributed by atoms with Crippen LogP contribution in [0.5, 0.6) is 5.75 Å². The van der Waals surface area contributed by atoms with E-state index in [1.807, 2.05) is 6.92 Å². The van der Waals surface area contributed by atoms with Crippen LogP contribution in [0.3, 0.4) is 0 Å². The number of aromatic nitrogens is 1. The second-order valence-corrected chi connectivity index (χ2v) is 13.1. The number of morpholine rings is 1. The molecule has 6 rings (SSSR count). The number of nitrogens with zero attached hydrogens (tertiary/aromatic N) is 3. The predicted octanol–water partition coefficient (Wildman–Crippen LogP) is 2.14. The van der Waals surface area contributed by atoms with Crippen LogP contribution in [-0.4, -0.2) is 83.1 Å². The third-order valence-electron chi connectivity index (χ3n) is 8.48. The molecule has 1 aromatic carbocycles. The number of anilines is 3. The van der Waals surface area contributed by atoms with Gasteiger partial charge in [-0.1, -0.05) is 0 Å². The maximum Gasteiger partial charge on any atom is 0.274 e. The Hall–Kier alpha value is -2.93. The van der Waals surface area contributed by atoms with Crippen LogP contribution in [0.25, 0.3) is 0 Å². The van der Waals surface area contributed by atoms with Crippen molar-refractivity contribution in [1.82, 2.24) is 9.71 Å². The van der Waals surface area contributed by atoms with E-state index < -0.39 is 10.0 Å². The molecule has 2 aromatic rings. The molecule has 0 unspecified atom stereocenters. The van der Waals surface area contributed by atoms with Crippen molar-refractivity contribution in [2.24, 2.45) is 5.41 Å². The summed E-state index contributed by atoms with van der Waals surface area (Å²) in [6.07, 6.45) is 5.36. The molecule has 0 radical (unpaired) electrons. The Kier molecular flexibility index (Phi) is 7.36. The van der Waals surface area contributed by atoms with E-state index in [0.29, 0.717) is 61.0 Å². The minimum Gasteiger partial charge on any atom is -0.489 e. The average molecular weight is 572 g/mol. The number of rotatable bonds is 8. The topological polar surface area (TPSA) is 133 Å². The number of aliphatic hydroxyl groups is 1. The predicted molar refractivity (Wildman–Crippen MR) is 151 cm³/mol. The highest BCUT2D eigenvalue weighted by Gasteiger charge is 2.44. The Bertz CT molecular complexity index is 1390. The standard InChI is InChI=1S/C28H37N5O6S/c1-19-18-33(12-15-38-19)26-25-20(4-14-39-25)16-23(30-26)27(35)31-22-3-2-21(40(36,37)29-9-13-34)17-24(22)32-10-7-28(5-6-28)8-11-32/h2-3,16-17,19,29,34H,4-15,18H2,1H3,(H,31,35)/t19-/m0/s1. The molecule has 3 aliphatic heterocycles. The van der Waals surface area contributed by atoms with E-state index in [9.17, 15) is 13.2 Å². The fourth-order valence-electron chi connectivity index (χ4n) is 5.91. The number of amides is 1. The van der Waals surface area contributed by atoms with E-state index in [2.05, 4.69) is 19.8 Å². The summed E-state index contributed by atoms with van der Waals surface area (Å²) in [7, 11) is -3.81.